The van der Waals surface area contributed by atoms with Gasteiger partial charge in [0.25, 0.3) is 0 Å². The van der Waals surface area contributed by atoms with Crippen molar-refractivity contribution >= 4 is 0 Å². The fourth-order valence-corrected chi connectivity index (χ4v) is 4.97. The quantitative estimate of drug-likeness (QED) is 0.610. The summed E-state index contributed by atoms with van der Waals surface area (Å²) in [6, 6.07) is 0.520. The Bertz CT molecular complexity index is 301. The molecule has 1 aliphatic heterocycles. The molecule has 3 heteroatoms. The first-order valence-corrected chi connectivity index (χ1v) is 8.32. The average molecular weight is 266 g/mol. The minimum absolute atomic E-state index is 0.224. The van der Waals surface area contributed by atoms with Crippen LogP contribution in [0.4, 0.5) is 0 Å². The van der Waals surface area contributed by atoms with Gasteiger partial charge in [0.1, 0.15) is 0 Å². The molecule has 1 saturated heterocycles. The van der Waals surface area contributed by atoms with E-state index >= 15 is 0 Å². The van der Waals surface area contributed by atoms with Crippen LogP contribution in [0.3, 0.4) is 0 Å². The van der Waals surface area contributed by atoms with E-state index in [9.17, 15) is 0 Å². The van der Waals surface area contributed by atoms with Crippen LogP contribution < -0.4 is 11.3 Å². The van der Waals surface area contributed by atoms with Gasteiger partial charge >= 0.3 is 0 Å². The van der Waals surface area contributed by atoms with Crippen LogP contribution in [0.1, 0.15) is 64.7 Å². The molecule has 0 aromatic rings. The summed E-state index contributed by atoms with van der Waals surface area (Å²) in [4.78, 5) is 0. The Kier molecular flexibility index (Phi) is 4.16. The Morgan fingerprint density at radius 1 is 1.16 bits per heavy atom. The van der Waals surface area contributed by atoms with Crippen LogP contribution >= 0.6 is 0 Å². The number of rotatable bonds is 3. The van der Waals surface area contributed by atoms with Crippen LogP contribution in [0.5, 0.6) is 0 Å². The smallest absolute Gasteiger partial charge is 0.0685 e. The molecule has 4 atom stereocenters. The molecular formula is C16H30N2O. The van der Waals surface area contributed by atoms with Crippen molar-refractivity contribution in [3.63, 3.8) is 0 Å². The van der Waals surface area contributed by atoms with E-state index in [0.29, 0.717) is 6.04 Å². The number of ether oxygens (including phenoxy) is 1. The van der Waals surface area contributed by atoms with Gasteiger partial charge in [0.15, 0.2) is 0 Å². The molecule has 0 amide bonds. The van der Waals surface area contributed by atoms with Crippen LogP contribution in [-0.4, -0.2) is 18.2 Å². The van der Waals surface area contributed by atoms with Gasteiger partial charge in [-0.2, -0.15) is 0 Å². The molecule has 2 aliphatic carbocycles. The summed E-state index contributed by atoms with van der Waals surface area (Å²) in [7, 11) is 0. The molecule has 0 radical (unpaired) electrons. The van der Waals surface area contributed by atoms with Crippen molar-refractivity contribution in [3.05, 3.63) is 0 Å². The van der Waals surface area contributed by atoms with E-state index in [1.807, 2.05) is 0 Å². The average Bonchev–Trinajstić information content (AvgIpc) is 3.01. The number of nitrogens with one attached hydrogen (secondary N) is 1. The lowest BCUT2D eigenvalue weighted by atomic mass is 9.76. The second-order valence-electron chi connectivity index (χ2n) is 7.36. The van der Waals surface area contributed by atoms with Crippen molar-refractivity contribution in [1.29, 1.82) is 0 Å². The summed E-state index contributed by atoms with van der Waals surface area (Å²) in [6.45, 7) is 3.33. The Labute approximate surface area is 117 Å². The van der Waals surface area contributed by atoms with E-state index in [4.69, 9.17) is 10.6 Å². The molecule has 1 spiro atoms. The molecule has 0 aromatic carbocycles. The normalized spacial score (nSPS) is 39.8. The zero-order chi connectivity index (χ0) is 13.3. The molecule has 3 aliphatic rings. The van der Waals surface area contributed by atoms with Crippen molar-refractivity contribution in [2.75, 3.05) is 6.61 Å². The summed E-state index contributed by atoms with van der Waals surface area (Å²) < 4.78 is 6.17. The van der Waals surface area contributed by atoms with Crippen LogP contribution in [0, 0.1) is 17.8 Å². The third kappa shape index (κ3) is 2.84. The molecule has 3 rings (SSSR count). The fourth-order valence-electron chi connectivity index (χ4n) is 4.97. The molecule has 19 heavy (non-hydrogen) atoms. The molecular weight excluding hydrogens is 236 g/mol. The molecule has 3 fully saturated rings. The molecule has 2 saturated carbocycles. The maximum Gasteiger partial charge on any atom is 0.0685 e. The summed E-state index contributed by atoms with van der Waals surface area (Å²) in [6.07, 6.45) is 11.8. The van der Waals surface area contributed by atoms with Crippen molar-refractivity contribution < 1.29 is 4.74 Å². The van der Waals surface area contributed by atoms with E-state index in [-0.39, 0.29) is 5.60 Å². The molecule has 110 valence electrons. The second-order valence-corrected chi connectivity index (χ2v) is 7.36. The van der Waals surface area contributed by atoms with Crippen LogP contribution in [0.25, 0.3) is 0 Å². The van der Waals surface area contributed by atoms with Gasteiger partial charge in [-0.1, -0.05) is 26.2 Å². The Morgan fingerprint density at radius 3 is 2.58 bits per heavy atom. The molecule has 3 N–H and O–H groups in total. The minimum atomic E-state index is 0.224. The van der Waals surface area contributed by atoms with Crippen molar-refractivity contribution in [2.24, 2.45) is 23.6 Å². The predicted octanol–water partition coefficient (Wildman–Crippen LogP) is 2.99. The lowest BCUT2D eigenvalue weighted by molar-refractivity contribution is -0.101. The first kappa shape index (κ1) is 13.8. The predicted molar refractivity (Wildman–Crippen MR) is 77.5 cm³/mol. The van der Waals surface area contributed by atoms with Gasteiger partial charge in [0.2, 0.25) is 0 Å². The zero-order valence-corrected chi connectivity index (χ0v) is 12.4. The maximum atomic E-state index is 6.17. The summed E-state index contributed by atoms with van der Waals surface area (Å²) in [5, 5.41) is 0. The summed E-state index contributed by atoms with van der Waals surface area (Å²) >= 11 is 0. The Hall–Kier alpha value is -0.120. The van der Waals surface area contributed by atoms with E-state index in [0.717, 1.165) is 24.4 Å². The minimum Gasteiger partial charge on any atom is -0.375 e. The van der Waals surface area contributed by atoms with Crippen molar-refractivity contribution in [1.82, 2.24) is 5.43 Å². The summed E-state index contributed by atoms with van der Waals surface area (Å²) in [5.74, 6) is 8.34. The van der Waals surface area contributed by atoms with Gasteiger partial charge in [-0.25, -0.2) is 0 Å². The number of hydrazine groups is 1. The van der Waals surface area contributed by atoms with Crippen molar-refractivity contribution in [2.45, 2.75) is 76.4 Å². The first-order chi connectivity index (χ1) is 9.22. The molecule has 3 nitrogen and oxygen atoms in total. The lowest BCUT2D eigenvalue weighted by Crippen LogP contribution is -2.50. The SMILES string of the molecule is CC1CCC(C(NN)C2CCOC3(CCCC3)C2)C1. The fraction of sp³-hybridized carbons (Fsp3) is 1.00. The van der Waals surface area contributed by atoms with Crippen LogP contribution in [-0.2, 0) is 4.74 Å². The number of hydrogen-bond acceptors (Lipinski definition) is 3. The van der Waals surface area contributed by atoms with Gasteiger partial charge in [-0.15, -0.1) is 0 Å². The van der Waals surface area contributed by atoms with Gasteiger partial charge in [0, 0.05) is 12.6 Å². The standard InChI is InChI=1S/C16H30N2O/c1-12-4-5-13(10-12)15(18-17)14-6-9-19-16(11-14)7-2-3-8-16/h12-15,18H,2-11,17H2,1H3. The highest BCUT2D eigenvalue weighted by Crippen LogP contribution is 2.45. The van der Waals surface area contributed by atoms with E-state index in [1.165, 1.54) is 57.8 Å². The molecule has 1 heterocycles. The molecule has 0 bridgehead atoms. The van der Waals surface area contributed by atoms with Gasteiger partial charge in [-0.3, -0.25) is 11.3 Å². The maximum absolute atomic E-state index is 6.17. The monoisotopic (exact) mass is 266 g/mol. The van der Waals surface area contributed by atoms with E-state index in [2.05, 4.69) is 12.3 Å². The lowest BCUT2D eigenvalue weighted by Gasteiger charge is -2.42. The van der Waals surface area contributed by atoms with E-state index in [1.54, 1.807) is 0 Å². The Balaban J connectivity index is 1.65. The number of nitrogens with two attached hydrogens (primary N) is 1. The third-order valence-corrected chi connectivity index (χ3v) is 5.99. The first-order valence-electron chi connectivity index (χ1n) is 8.32. The van der Waals surface area contributed by atoms with Gasteiger partial charge < -0.3 is 4.74 Å². The number of hydrogen-bond donors (Lipinski definition) is 2. The summed E-state index contributed by atoms with van der Waals surface area (Å²) in [5.41, 5.74) is 3.41. The topological polar surface area (TPSA) is 47.3 Å². The van der Waals surface area contributed by atoms with Gasteiger partial charge in [0.05, 0.1) is 5.60 Å². The van der Waals surface area contributed by atoms with E-state index < -0.39 is 0 Å². The molecule has 4 unspecified atom stereocenters. The van der Waals surface area contributed by atoms with Gasteiger partial charge in [-0.05, 0) is 56.3 Å². The molecule has 0 aromatic heterocycles. The Morgan fingerprint density at radius 2 is 1.95 bits per heavy atom. The highest BCUT2D eigenvalue weighted by atomic mass is 16.5. The van der Waals surface area contributed by atoms with Crippen LogP contribution in [0.15, 0.2) is 0 Å². The largest absolute Gasteiger partial charge is 0.375 e. The highest BCUT2D eigenvalue weighted by molar-refractivity contribution is 4.96. The second kappa shape index (κ2) is 5.71. The zero-order valence-electron chi connectivity index (χ0n) is 12.4. The van der Waals surface area contributed by atoms with Crippen molar-refractivity contribution in [3.8, 4) is 0 Å². The third-order valence-electron chi connectivity index (χ3n) is 5.99. The van der Waals surface area contributed by atoms with Crippen LogP contribution in [0.2, 0.25) is 0 Å². The highest BCUT2D eigenvalue weighted by Gasteiger charge is 2.44.